The third-order valence-electron chi connectivity index (χ3n) is 2.88. The molecule has 1 atom stereocenters. The highest BCUT2D eigenvalue weighted by molar-refractivity contribution is 7.92. The molecule has 0 saturated carbocycles. The molecule has 0 saturated heterocycles. The molecule has 0 radical (unpaired) electrons. The normalized spacial score (nSPS) is 13.1. The second kappa shape index (κ2) is 6.09. The predicted octanol–water partition coefficient (Wildman–Crippen LogP) is 2.82. The molecule has 0 bridgehead atoms. The Morgan fingerprint density at radius 2 is 2.00 bits per heavy atom. The van der Waals surface area contributed by atoms with Gasteiger partial charge in [0.15, 0.2) is 0 Å². The van der Waals surface area contributed by atoms with Gasteiger partial charge in [-0.3, -0.25) is 4.72 Å². The number of anilines is 2. The first-order valence-electron chi connectivity index (χ1n) is 6.14. The number of hydrogen-bond acceptors (Lipinski definition) is 3. The molecule has 0 fully saturated rings. The molecule has 1 aromatic carbocycles. The molecule has 0 heterocycles. The Morgan fingerprint density at radius 1 is 1.33 bits per heavy atom. The summed E-state index contributed by atoms with van der Waals surface area (Å²) in [6.45, 7) is 7.10. The van der Waals surface area contributed by atoms with Gasteiger partial charge in [0.25, 0.3) is 0 Å². The van der Waals surface area contributed by atoms with Gasteiger partial charge in [-0.05, 0) is 30.5 Å². The fourth-order valence-electron chi connectivity index (χ4n) is 1.48. The maximum Gasteiger partial charge on any atom is 0.229 e. The Bertz CT molecular complexity index is 498. The molecule has 0 aromatic heterocycles. The number of rotatable bonds is 6. The Labute approximate surface area is 110 Å². The van der Waals surface area contributed by atoms with E-state index in [-0.39, 0.29) is 0 Å². The van der Waals surface area contributed by atoms with Gasteiger partial charge in [-0.25, -0.2) is 8.42 Å². The zero-order valence-corrected chi connectivity index (χ0v) is 12.3. The third-order valence-corrected chi connectivity index (χ3v) is 3.48. The number of hydrogen-bond donors (Lipinski definition) is 2. The van der Waals surface area contributed by atoms with Crippen LogP contribution < -0.4 is 10.0 Å². The molecule has 1 rings (SSSR count). The summed E-state index contributed by atoms with van der Waals surface area (Å²) >= 11 is 0. The van der Waals surface area contributed by atoms with Gasteiger partial charge in [-0.1, -0.05) is 26.3 Å². The van der Waals surface area contributed by atoms with Crippen LogP contribution in [0.1, 0.15) is 25.8 Å². The molecule has 0 aliphatic rings. The van der Waals surface area contributed by atoms with Gasteiger partial charge in [0.05, 0.1) is 11.9 Å². The van der Waals surface area contributed by atoms with Crippen LogP contribution in [0.5, 0.6) is 0 Å². The molecule has 0 amide bonds. The number of sulfonamides is 1. The third kappa shape index (κ3) is 4.96. The molecule has 102 valence electrons. The molecule has 0 spiro atoms. The van der Waals surface area contributed by atoms with Gasteiger partial charge in [-0.15, -0.1) is 0 Å². The van der Waals surface area contributed by atoms with Crippen LogP contribution in [0.2, 0.25) is 0 Å². The lowest BCUT2D eigenvalue weighted by molar-refractivity contribution is 0.593. The van der Waals surface area contributed by atoms with Crippen LogP contribution in [0.25, 0.3) is 0 Å². The molecule has 1 unspecified atom stereocenters. The first-order chi connectivity index (χ1) is 8.31. The van der Waals surface area contributed by atoms with Gasteiger partial charge in [0.1, 0.15) is 0 Å². The highest BCUT2D eigenvalue weighted by Gasteiger charge is 2.06. The summed E-state index contributed by atoms with van der Waals surface area (Å²) in [6, 6.07) is 5.70. The van der Waals surface area contributed by atoms with Crippen molar-refractivity contribution in [3.63, 3.8) is 0 Å². The average molecular weight is 270 g/mol. The van der Waals surface area contributed by atoms with Crippen molar-refractivity contribution in [3.05, 3.63) is 23.8 Å². The second-order valence-corrected chi connectivity index (χ2v) is 6.55. The van der Waals surface area contributed by atoms with E-state index in [0.29, 0.717) is 11.6 Å². The number of nitrogens with one attached hydrogen (secondary N) is 2. The van der Waals surface area contributed by atoms with Gasteiger partial charge < -0.3 is 5.32 Å². The molecule has 4 nitrogen and oxygen atoms in total. The topological polar surface area (TPSA) is 58.2 Å². The van der Waals surface area contributed by atoms with Crippen LogP contribution in [0, 0.1) is 12.8 Å². The number of benzene rings is 1. The van der Waals surface area contributed by atoms with Gasteiger partial charge in [-0.2, -0.15) is 0 Å². The van der Waals surface area contributed by atoms with E-state index in [0.717, 1.165) is 30.5 Å². The summed E-state index contributed by atoms with van der Waals surface area (Å²) in [4.78, 5) is 0. The van der Waals surface area contributed by atoms with Crippen LogP contribution in [-0.2, 0) is 10.0 Å². The molecule has 18 heavy (non-hydrogen) atoms. The van der Waals surface area contributed by atoms with E-state index in [1.54, 1.807) is 0 Å². The van der Waals surface area contributed by atoms with Crippen LogP contribution in [-0.4, -0.2) is 21.2 Å². The van der Waals surface area contributed by atoms with Gasteiger partial charge in [0.2, 0.25) is 10.0 Å². The molecule has 1 aromatic rings. The monoisotopic (exact) mass is 270 g/mol. The molecule has 0 aliphatic heterocycles. The number of aryl methyl sites for hydroxylation is 1. The lowest BCUT2D eigenvalue weighted by Crippen LogP contribution is -2.12. The van der Waals surface area contributed by atoms with Crippen molar-refractivity contribution in [1.82, 2.24) is 0 Å². The Hall–Kier alpha value is -1.23. The minimum absolute atomic E-state index is 0.595. The van der Waals surface area contributed by atoms with E-state index in [1.165, 1.54) is 0 Å². The van der Waals surface area contributed by atoms with Crippen LogP contribution in [0.4, 0.5) is 11.4 Å². The maximum atomic E-state index is 11.2. The Kier molecular flexibility index (Phi) is 5.02. The van der Waals surface area contributed by atoms with Crippen molar-refractivity contribution in [2.75, 3.05) is 22.8 Å². The summed E-state index contributed by atoms with van der Waals surface area (Å²) in [5.74, 6) is 0.595. The lowest BCUT2D eigenvalue weighted by Gasteiger charge is -2.14. The van der Waals surface area contributed by atoms with E-state index in [4.69, 9.17) is 0 Å². The Morgan fingerprint density at radius 3 is 2.56 bits per heavy atom. The second-order valence-electron chi connectivity index (χ2n) is 4.80. The maximum absolute atomic E-state index is 11.2. The van der Waals surface area contributed by atoms with Crippen molar-refractivity contribution in [1.29, 1.82) is 0 Å². The van der Waals surface area contributed by atoms with Crippen molar-refractivity contribution in [3.8, 4) is 0 Å². The molecular weight excluding hydrogens is 248 g/mol. The van der Waals surface area contributed by atoms with E-state index in [9.17, 15) is 8.42 Å². The predicted molar refractivity (Wildman–Crippen MR) is 77.6 cm³/mol. The van der Waals surface area contributed by atoms with E-state index in [2.05, 4.69) is 23.9 Å². The van der Waals surface area contributed by atoms with Crippen molar-refractivity contribution >= 4 is 21.4 Å². The van der Waals surface area contributed by atoms with Gasteiger partial charge in [0, 0.05) is 12.2 Å². The average Bonchev–Trinajstić information content (AvgIpc) is 2.28. The summed E-state index contributed by atoms with van der Waals surface area (Å²) in [5.41, 5.74) is 2.48. The van der Waals surface area contributed by atoms with Crippen LogP contribution in [0.3, 0.4) is 0 Å². The first-order valence-corrected chi connectivity index (χ1v) is 8.03. The summed E-state index contributed by atoms with van der Waals surface area (Å²) in [6.07, 6.45) is 2.28. The van der Waals surface area contributed by atoms with E-state index >= 15 is 0 Å². The molecule has 5 heteroatoms. The SMILES string of the molecule is CCC(C)CNc1ccc(C)c(NS(C)(=O)=O)c1. The molecular formula is C13H22N2O2S. The largest absolute Gasteiger partial charge is 0.385 e. The van der Waals surface area contributed by atoms with Crippen molar-refractivity contribution in [2.24, 2.45) is 5.92 Å². The van der Waals surface area contributed by atoms with Crippen molar-refractivity contribution < 1.29 is 8.42 Å². The zero-order chi connectivity index (χ0) is 13.8. The molecule has 0 aliphatic carbocycles. The smallest absolute Gasteiger partial charge is 0.229 e. The highest BCUT2D eigenvalue weighted by Crippen LogP contribution is 2.21. The zero-order valence-electron chi connectivity index (χ0n) is 11.4. The quantitative estimate of drug-likeness (QED) is 0.835. The molecule has 2 N–H and O–H groups in total. The minimum Gasteiger partial charge on any atom is -0.385 e. The van der Waals surface area contributed by atoms with E-state index < -0.39 is 10.0 Å². The first kappa shape index (κ1) is 14.8. The lowest BCUT2D eigenvalue weighted by atomic mass is 10.1. The standard InChI is InChI=1S/C13H22N2O2S/c1-5-10(2)9-14-12-7-6-11(3)13(8-12)15-18(4,16)17/h6-8,10,14-15H,5,9H2,1-4H3. The van der Waals surface area contributed by atoms with Crippen LogP contribution in [0.15, 0.2) is 18.2 Å². The summed E-state index contributed by atoms with van der Waals surface area (Å²) in [5, 5.41) is 3.31. The van der Waals surface area contributed by atoms with Crippen LogP contribution >= 0.6 is 0 Å². The van der Waals surface area contributed by atoms with Gasteiger partial charge >= 0.3 is 0 Å². The fourth-order valence-corrected chi connectivity index (χ4v) is 2.10. The van der Waals surface area contributed by atoms with Crippen molar-refractivity contribution in [2.45, 2.75) is 27.2 Å². The highest BCUT2D eigenvalue weighted by atomic mass is 32.2. The minimum atomic E-state index is -3.23. The van der Waals surface area contributed by atoms with E-state index in [1.807, 2.05) is 25.1 Å². The fraction of sp³-hybridized carbons (Fsp3) is 0.538. The summed E-state index contributed by atoms with van der Waals surface area (Å²) < 4.78 is 25.0. The summed E-state index contributed by atoms with van der Waals surface area (Å²) in [7, 11) is -3.23. The Balaban J connectivity index is 2.81.